The molecule has 3 atom stereocenters. The zero-order valence-electron chi connectivity index (χ0n) is 14.2. The van der Waals surface area contributed by atoms with Gasteiger partial charge in [0, 0.05) is 19.6 Å². The number of benzene rings is 1. The molecule has 0 aromatic heterocycles. The van der Waals surface area contributed by atoms with E-state index in [9.17, 15) is 13.6 Å². The van der Waals surface area contributed by atoms with Crippen molar-refractivity contribution in [2.45, 2.75) is 44.9 Å². The van der Waals surface area contributed by atoms with Gasteiger partial charge in [0.15, 0.2) is 5.79 Å². The summed E-state index contributed by atoms with van der Waals surface area (Å²) < 4.78 is 40.0. The largest absolute Gasteiger partial charge is 0.435 e. The van der Waals surface area contributed by atoms with Crippen LogP contribution in [-0.4, -0.2) is 55.0 Å². The quantitative estimate of drug-likeness (QED) is 0.754. The third-order valence-corrected chi connectivity index (χ3v) is 4.10. The SMILES string of the molecule is CC1(C)OCC(CNC(=O)C2CN2Cc2cccc(OC(F)F)c2)O1. The number of hydrogen-bond donors (Lipinski definition) is 1. The Bertz CT molecular complexity index is 626. The third kappa shape index (κ3) is 5.10. The summed E-state index contributed by atoms with van der Waals surface area (Å²) in [6.45, 7) is 2.84. The molecule has 3 rings (SSSR count). The number of alkyl halides is 2. The first kappa shape index (κ1) is 18.0. The van der Waals surface area contributed by atoms with Crippen LogP contribution in [-0.2, 0) is 20.8 Å². The average Bonchev–Trinajstić information content (AvgIpc) is 3.19. The van der Waals surface area contributed by atoms with Gasteiger partial charge in [0.2, 0.25) is 5.91 Å². The van der Waals surface area contributed by atoms with E-state index >= 15 is 0 Å². The van der Waals surface area contributed by atoms with Gasteiger partial charge >= 0.3 is 6.61 Å². The molecule has 1 aromatic carbocycles. The van der Waals surface area contributed by atoms with Gasteiger partial charge in [0.25, 0.3) is 0 Å². The minimum atomic E-state index is -2.85. The van der Waals surface area contributed by atoms with Crippen LogP contribution in [0.5, 0.6) is 5.75 Å². The molecular weight excluding hydrogens is 334 g/mol. The molecule has 2 fully saturated rings. The van der Waals surface area contributed by atoms with Crippen LogP contribution in [0.25, 0.3) is 0 Å². The third-order valence-electron chi connectivity index (χ3n) is 4.10. The van der Waals surface area contributed by atoms with Crippen molar-refractivity contribution in [2.24, 2.45) is 0 Å². The van der Waals surface area contributed by atoms with Gasteiger partial charge in [-0.25, -0.2) is 0 Å². The normalized spacial score (nSPS) is 27.3. The lowest BCUT2D eigenvalue weighted by Crippen LogP contribution is -2.37. The standard InChI is InChI=1S/C17H22F2N2O4/c1-17(2)23-10-13(25-17)7-20-15(22)14-9-21(14)8-11-4-3-5-12(6-11)24-16(18)19/h3-6,13-14,16H,7-10H2,1-2H3,(H,20,22). The first-order valence-electron chi connectivity index (χ1n) is 8.20. The maximum absolute atomic E-state index is 12.3. The molecule has 2 aliphatic heterocycles. The van der Waals surface area contributed by atoms with Gasteiger partial charge in [-0.15, -0.1) is 0 Å². The Kier molecular flexibility index (Phi) is 5.21. The van der Waals surface area contributed by atoms with E-state index in [1.807, 2.05) is 24.8 Å². The molecule has 1 N–H and O–H groups in total. The lowest BCUT2D eigenvalue weighted by atomic mass is 10.2. The van der Waals surface area contributed by atoms with E-state index in [1.165, 1.54) is 6.07 Å². The molecule has 0 bridgehead atoms. The second-order valence-electron chi connectivity index (χ2n) is 6.67. The van der Waals surface area contributed by atoms with Crippen molar-refractivity contribution in [3.8, 4) is 5.75 Å². The highest BCUT2D eigenvalue weighted by Gasteiger charge is 2.41. The van der Waals surface area contributed by atoms with E-state index < -0.39 is 12.4 Å². The zero-order chi connectivity index (χ0) is 18.0. The average molecular weight is 356 g/mol. The Hall–Kier alpha value is -1.77. The predicted octanol–water partition coefficient (Wildman–Crippen LogP) is 1.74. The molecule has 3 unspecified atom stereocenters. The smallest absolute Gasteiger partial charge is 0.387 e. The summed E-state index contributed by atoms with van der Waals surface area (Å²) in [6, 6.07) is 6.32. The van der Waals surface area contributed by atoms with Crippen molar-refractivity contribution >= 4 is 5.91 Å². The highest BCUT2D eigenvalue weighted by Crippen LogP contribution is 2.25. The fraction of sp³-hybridized carbons (Fsp3) is 0.588. The van der Waals surface area contributed by atoms with Gasteiger partial charge in [-0.2, -0.15) is 8.78 Å². The van der Waals surface area contributed by atoms with Crippen LogP contribution >= 0.6 is 0 Å². The van der Waals surface area contributed by atoms with Crippen molar-refractivity contribution in [1.29, 1.82) is 0 Å². The lowest BCUT2D eigenvalue weighted by molar-refractivity contribution is -0.139. The van der Waals surface area contributed by atoms with E-state index in [0.717, 1.165) is 5.56 Å². The van der Waals surface area contributed by atoms with Crippen LogP contribution < -0.4 is 10.1 Å². The first-order valence-corrected chi connectivity index (χ1v) is 8.20. The van der Waals surface area contributed by atoms with E-state index in [0.29, 0.717) is 26.2 Å². The van der Waals surface area contributed by atoms with E-state index in [4.69, 9.17) is 9.47 Å². The predicted molar refractivity (Wildman–Crippen MR) is 85.2 cm³/mol. The number of halogens is 2. The number of hydrogen-bond acceptors (Lipinski definition) is 5. The van der Waals surface area contributed by atoms with Crippen LogP contribution in [0.2, 0.25) is 0 Å². The van der Waals surface area contributed by atoms with Gasteiger partial charge in [-0.3, -0.25) is 9.69 Å². The van der Waals surface area contributed by atoms with Gasteiger partial charge in [-0.05, 0) is 31.5 Å². The highest BCUT2D eigenvalue weighted by molar-refractivity contribution is 5.84. The van der Waals surface area contributed by atoms with Crippen molar-refractivity contribution in [3.05, 3.63) is 29.8 Å². The minimum absolute atomic E-state index is 0.0618. The number of nitrogens with zero attached hydrogens (tertiary/aromatic N) is 1. The maximum Gasteiger partial charge on any atom is 0.387 e. The topological polar surface area (TPSA) is 59.8 Å². The molecule has 8 heteroatoms. The Morgan fingerprint density at radius 1 is 1.48 bits per heavy atom. The molecule has 2 heterocycles. The first-order chi connectivity index (χ1) is 11.8. The van der Waals surface area contributed by atoms with E-state index in [1.54, 1.807) is 12.1 Å². The summed E-state index contributed by atoms with van der Waals surface area (Å²) in [5, 5.41) is 2.87. The molecule has 138 valence electrons. The fourth-order valence-corrected chi connectivity index (χ4v) is 2.85. The molecule has 0 aliphatic carbocycles. The molecule has 6 nitrogen and oxygen atoms in total. The van der Waals surface area contributed by atoms with E-state index in [2.05, 4.69) is 10.1 Å². The molecule has 0 spiro atoms. The fourth-order valence-electron chi connectivity index (χ4n) is 2.85. The molecule has 25 heavy (non-hydrogen) atoms. The molecule has 0 radical (unpaired) electrons. The summed E-state index contributed by atoms with van der Waals surface area (Å²) in [5.74, 6) is -0.545. The summed E-state index contributed by atoms with van der Waals surface area (Å²) in [6.07, 6.45) is -0.144. The molecule has 1 aromatic rings. The number of amides is 1. The lowest BCUT2D eigenvalue weighted by Gasteiger charge is -2.17. The van der Waals surface area contributed by atoms with Crippen LogP contribution in [0.4, 0.5) is 8.78 Å². The van der Waals surface area contributed by atoms with E-state index in [-0.39, 0.29) is 23.8 Å². The summed E-state index contributed by atoms with van der Waals surface area (Å²) in [7, 11) is 0. The van der Waals surface area contributed by atoms with Crippen molar-refractivity contribution in [3.63, 3.8) is 0 Å². The molecule has 1 amide bonds. The number of carbonyl (C=O) groups is 1. The number of rotatable bonds is 7. The van der Waals surface area contributed by atoms with Gasteiger partial charge in [0.05, 0.1) is 6.61 Å². The second-order valence-corrected chi connectivity index (χ2v) is 6.67. The number of nitrogens with one attached hydrogen (secondary N) is 1. The molecular formula is C17H22F2N2O4. The molecule has 2 saturated heterocycles. The van der Waals surface area contributed by atoms with Crippen molar-refractivity contribution < 1.29 is 27.8 Å². The number of ether oxygens (including phenoxy) is 3. The van der Waals surface area contributed by atoms with Gasteiger partial charge < -0.3 is 19.5 Å². The summed E-state index contributed by atoms with van der Waals surface area (Å²) in [5.41, 5.74) is 0.822. The monoisotopic (exact) mass is 356 g/mol. The second kappa shape index (κ2) is 7.23. The molecule has 2 aliphatic rings. The van der Waals surface area contributed by atoms with Crippen molar-refractivity contribution in [2.75, 3.05) is 19.7 Å². The highest BCUT2D eigenvalue weighted by atomic mass is 19.3. The Morgan fingerprint density at radius 3 is 2.96 bits per heavy atom. The summed E-state index contributed by atoms with van der Waals surface area (Å²) in [4.78, 5) is 14.1. The zero-order valence-corrected chi connectivity index (χ0v) is 14.2. The van der Waals surface area contributed by atoms with Crippen LogP contribution in [0, 0.1) is 0 Å². The van der Waals surface area contributed by atoms with Crippen LogP contribution in [0.3, 0.4) is 0 Å². The Labute approximate surface area is 145 Å². The number of carbonyl (C=O) groups excluding carboxylic acids is 1. The van der Waals surface area contributed by atoms with Crippen LogP contribution in [0.1, 0.15) is 19.4 Å². The summed E-state index contributed by atoms with van der Waals surface area (Å²) >= 11 is 0. The maximum atomic E-state index is 12.3. The van der Waals surface area contributed by atoms with Crippen molar-refractivity contribution in [1.82, 2.24) is 10.2 Å². The van der Waals surface area contributed by atoms with Gasteiger partial charge in [-0.1, -0.05) is 12.1 Å². The van der Waals surface area contributed by atoms with Gasteiger partial charge in [0.1, 0.15) is 17.9 Å². The Balaban J connectivity index is 1.43. The minimum Gasteiger partial charge on any atom is -0.435 e. The van der Waals surface area contributed by atoms with Crippen LogP contribution in [0.15, 0.2) is 24.3 Å². The Morgan fingerprint density at radius 2 is 2.28 bits per heavy atom. The molecule has 0 saturated carbocycles.